The van der Waals surface area contributed by atoms with E-state index in [9.17, 15) is 14.6 Å². The average molecular weight is 339 g/mol. The largest absolute Gasteiger partial charge is 0.488 e. The molecule has 0 amide bonds. The Morgan fingerprint density at radius 2 is 2.08 bits per heavy atom. The molecule has 6 heteroatoms. The van der Waals surface area contributed by atoms with E-state index in [0.717, 1.165) is 12.8 Å². The summed E-state index contributed by atoms with van der Waals surface area (Å²) in [4.78, 5) is 0. The highest BCUT2D eigenvalue weighted by Gasteiger charge is 2.37. The molecule has 1 aliphatic heterocycles. The number of hydrogen-bond acceptors (Lipinski definition) is 5. The van der Waals surface area contributed by atoms with Crippen LogP contribution in [0.4, 0.5) is 4.39 Å². The van der Waals surface area contributed by atoms with Crippen molar-refractivity contribution in [1.29, 1.82) is 0 Å². The third-order valence-corrected chi connectivity index (χ3v) is 5.05. The second kappa shape index (κ2) is 7.78. The Bertz CT molecular complexity index is 536. The van der Waals surface area contributed by atoms with Crippen molar-refractivity contribution in [3.8, 4) is 5.75 Å². The van der Waals surface area contributed by atoms with Gasteiger partial charge in [-0.2, -0.15) is 0 Å². The molecule has 0 aromatic heterocycles. The van der Waals surface area contributed by atoms with Crippen LogP contribution in [0, 0.1) is 11.7 Å². The number of aliphatic hydroxyl groups excluding tert-OH is 1. The Morgan fingerprint density at radius 3 is 2.83 bits per heavy atom. The highest BCUT2D eigenvalue weighted by atomic mass is 19.1. The van der Waals surface area contributed by atoms with Crippen molar-refractivity contribution in [3.63, 3.8) is 0 Å². The van der Waals surface area contributed by atoms with Gasteiger partial charge in [-0.1, -0.05) is 6.07 Å². The summed E-state index contributed by atoms with van der Waals surface area (Å²) >= 11 is 0. The molecule has 3 N–H and O–H groups in total. The number of aliphatic hydroxyl groups is 2. The Hall–Kier alpha value is -1.21. The molecule has 5 nitrogen and oxygen atoms in total. The molecule has 1 aromatic carbocycles. The van der Waals surface area contributed by atoms with E-state index in [2.05, 4.69) is 5.32 Å². The number of ether oxygens (including phenoxy) is 2. The Kier molecular flexibility index (Phi) is 5.71. The predicted molar refractivity (Wildman–Crippen MR) is 87.4 cm³/mol. The Morgan fingerprint density at radius 1 is 1.29 bits per heavy atom. The third kappa shape index (κ3) is 4.45. The zero-order valence-corrected chi connectivity index (χ0v) is 13.8. The van der Waals surface area contributed by atoms with Crippen LogP contribution < -0.4 is 10.1 Å². The van der Waals surface area contributed by atoms with Crippen molar-refractivity contribution < 1.29 is 24.1 Å². The summed E-state index contributed by atoms with van der Waals surface area (Å²) < 4.78 is 24.2. The molecular weight excluding hydrogens is 313 g/mol. The first-order chi connectivity index (χ1) is 11.6. The molecule has 0 spiro atoms. The first-order valence-corrected chi connectivity index (χ1v) is 8.67. The van der Waals surface area contributed by atoms with Crippen molar-refractivity contribution in [2.75, 3.05) is 26.3 Å². The molecule has 3 atom stereocenters. The van der Waals surface area contributed by atoms with E-state index in [1.165, 1.54) is 12.1 Å². The van der Waals surface area contributed by atoms with Crippen molar-refractivity contribution in [2.45, 2.75) is 43.5 Å². The summed E-state index contributed by atoms with van der Waals surface area (Å²) in [5, 5.41) is 24.1. The lowest BCUT2D eigenvalue weighted by atomic mass is 9.94. The lowest BCUT2D eigenvalue weighted by Gasteiger charge is -2.32. The van der Waals surface area contributed by atoms with Crippen molar-refractivity contribution >= 4 is 0 Å². The fourth-order valence-electron chi connectivity index (χ4n) is 3.51. The van der Waals surface area contributed by atoms with E-state index in [0.29, 0.717) is 44.9 Å². The van der Waals surface area contributed by atoms with Gasteiger partial charge in [-0.15, -0.1) is 0 Å². The maximum absolute atomic E-state index is 13.2. The minimum atomic E-state index is -0.709. The zero-order valence-electron chi connectivity index (χ0n) is 13.8. The van der Waals surface area contributed by atoms with Gasteiger partial charge in [0.05, 0.1) is 11.7 Å². The quantitative estimate of drug-likeness (QED) is 0.732. The molecule has 0 bridgehead atoms. The molecule has 2 fully saturated rings. The SMILES string of the molecule is O[C@@H]1[C@@H](CNCC2(O)CCOCC2)CC[C@H]1Oc1cccc(F)c1. The van der Waals surface area contributed by atoms with Crippen LogP contribution >= 0.6 is 0 Å². The van der Waals surface area contributed by atoms with E-state index in [1.807, 2.05) is 0 Å². The standard InChI is InChI=1S/C18H26FNO4/c19-14-2-1-3-15(10-14)24-16-5-4-13(17(16)21)11-20-12-18(22)6-8-23-9-7-18/h1-3,10,13,16-17,20-22H,4-9,11-12H2/t13-,16-,17-/m1/s1. The molecule has 1 aliphatic carbocycles. The number of halogens is 1. The summed E-state index contributed by atoms with van der Waals surface area (Å²) in [7, 11) is 0. The molecule has 24 heavy (non-hydrogen) atoms. The van der Waals surface area contributed by atoms with E-state index < -0.39 is 11.7 Å². The molecule has 1 aromatic rings. The van der Waals surface area contributed by atoms with Crippen molar-refractivity contribution in [3.05, 3.63) is 30.1 Å². The maximum Gasteiger partial charge on any atom is 0.126 e. The van der Waals surface area contributed by atoms with Crippen LogP contribution in [0.5, 0.6) is 5.75 Å². The second-order valence-electron chi connectivity index (χ2n) is 6.91. The lowest BCUT2D eigenvalue weighted by Crippen LogP contribution is -2.46. The molecule has 3 rings (SSSR count). The molecule has 0 radical (unpaired) electrons. The first-order valence-electron chi connectivity index (χ1n) is 8.67. The average Bonchev–Trinajstić information content (AvgIpc) is 2.89. The summed E-state index contributed by atoms with van der Waals surface area (Å²) in [5.74, 6) is 0.180. The maximum atomic E-state index is 13.2. The number of rotatable bonds is 6. The monoisotopic (exact) mass is 339 g/mol. The van der Waals surface area contributed by atoms with Crippen LogP contribution in [0.25, 0.3) is 0 Å². The van der Waals surface area contributed by atoms with E-state index in [4.69, 9.17) is 9.47 Å². The van der Waals surface area contributed by atoms with Gasteiger partial charge in [0, 0.05) is 51.1 Å². The summed E-state index contributed by atoms with van der Waals surface area (Å²) in [5.41, 5.74) is -0.709. The summed E-state index contributed by atoms with van der Waals surface area (Å²) in [6, 6.07) is 5.99. The van der Waals surface area contributed by atoms with Gasteiger partial charge in [0.25, 0.3) is 0 Å². The van der Waals surface area contributed by atoms with Gasteiger partial charge in [-0.25, -0.2) is 4.39 Å². The highest BCUT2D eigenvalue weighted by molar-refractivity contribution is 5.23. The number of hydrogen-bond donors (Lipinski definition) is 3. The zero-order chi connectivity index (χ0) is 17.0. The van der Waals surface area contributed by atoms with Gasteiger partial charge in [0.2, 0.25) is 0 Å². The highest BCUT2D eigenvalue weighted by Crippen LogP contribution is 2.30. The number of nitrogens with one attached hydrogen (secondary N) is 1. The smallest absolute Gasteiger partial charge is 0.126 e. The van der Waals surface area contributed by atoms with Crippen LogP contribution in [0.3, 0.4) is 0 Å². The van der Waals surface area contributed by atoms with Crippen LogP contribution in [0.2, 0.25) is 0 Å². The second-order valence-corrected chi connectivity index (χ2v) is 6.91. The first kappa shape index (κ1) is 17.6. The van der Waals surface area contributed by atoms with Crippen LogP contribution in [-0.4, -0.2) is 54.3 Å². The Labute approximate surface area is 141 Å². The minimum absolute atomic E-state index is 0.0759. The van der Waals surface area contributed by atoms with Gasteiger partial charge in [0.15, 0.2) is 0 Å². The van der Waals surface area contributed by atoms with Gasteiger partial charge in [-0.05, 0) is 25.0 Å². The van der Waals surface area contributed by atoms with Gasteiger partial charge < -0.3 is 25.0 Å². The fraction of sp³-hybridized carbons (Fsp3) is 0.667. The number of benzene rings is 1. The summed E-state index contributed by atoms with van der Waals surface area (Å²) in [6.45, 7) is 2.32. The molecular formula is C18H26FNO4. The molecule has 2 aliphatic rings. The van der Waals surface area contributed by atoms with Crippen molar-refractivity contribution in [1.82, 2.24) is 5.32 Å². The van der Waals surface area contributed by atoms with Gasteiger partial charge in [-0.3, -0.25) is 0 Å². The van der Waals surface area contributed by atoms with Gasteiger partial charge >= 0.3 is 0 Å². The Balaban J connectivity index is 1.44. The molecule has 1 saturated carbocycles. The van der Waals surface area contributed by atoms with Crippen LogP contribution in [-0.2, 0) is 4.74 Å². The van der Waals surface area contributed by atoms with Crippen LogP contribution in [0.1, 0.15) is 25.7 Å². The summed E-state index contributed by atoms with van der Waals surface area (Å²) in [6.07, 6.45) is 1.95. The van der Waals surface area contributed by atoms with E-state index in [1.54, 1.807) is 12.1 Å². The van der Waals surface area contributed by atoms with Crippen molar-refractivity contribution in [2.24, 2.45) is 5.92 Å². The normalized spacial score (nSPS) is 29.5. The third-order valence-electron chi connectivity index (χ3n) is 5.05. The van der Waals surface area contributed by atoms with E-state index >= 15 is 0 Å². The topological polar surface area (TPSA) is 71.0 Å². The molecule has 1 heterocycles. The molecule has 134 valence electrons. The lowest BCUT2D eigenvalue weighted by molar-refractivity contribution is -0.0625. The van der Waals surface area contributed by atoms with Crippen LogP contribution in [0.15, 0.2) is 24.3 Å². The minimum Gasteiger partial charge on any atom is -0.488 e. The van der Waals surface area contributed by atoms with Gasteiger partial charge in [0.1, 0.15) is 17.7 Å². The van der Waals surface area contributed by atoms with E-state index in [-0.39, 0.29) is 17.8 Å². The molecule has 1 saturated heterocycles. The predicted octanol–water partition coefficient (Wildman–Crippen LogP) is 1.48. The fourth-order valence-corrected chi connectivity index (χ4v) is 3.51. The molecule has 0 unspecified atom stereocenters.